The van der Waals surface area contributed by atoms with Gasteiger partial charge in [0.25, 0.3) is 0 Å². The smallest absolute Gasteiger partial charge is 0.162 e. The number of benzene rings is 1. The van der Waals surface area contributed by atoms with E-state index in [9.17, 15) is 13.9 Å². The van der Waals surface area contributed by atoms with Gasteiger partial charge in [0.15, 0.2) is 11.6 Å². The van der Waals surface area contributed by atoms with Crippen molar-refractivity contribution in [1.29, 1.82) is 0 Å². The van der Waals surface area contributed by atoms with Crippen LogP contribution in [0.15, 0.2) is 18.2 Å². The largest absolute Gasteiger partial charge is 0.392 e. The van der Waals surface area contributed by atoms with E-state index >= 15 is 0 Å². The zero-order valence-electron chi connectivity index (χ0n) is 8.71. The van der Waals surface area contributed by atoms with Gasteiger partial charge in [-0.25, -0.2) is 8.78 Å². The summed E-state index contributed by atoms with van der Waals surface area (Å²) < 4.78 is 26.0. The molecule has 0 saturated heterocycles. The fraction of sp³-hybridized carbons (Fsp3) is 0.455. The number of halogens is 2. The molecule has 4 heteroatoms. The quantitative estimate of drug-likeness (QED) is 0.861. The highest BCUT2D eigenvalue weighted by molar-refractivity contribution is 7.99. The average molecular weight is 232 g/mol. The van der Waals surface area contributed by atoms with E-state index in [0.29, 0.717) is 11.3 Å². The first-order valence-corrected chi connectivity index (χ1v) is 5.79. The Morgan fingerprint density at radius 1 is 1.33 bits per heavy atom. The van der Waals surface area contributed by atoms with Crippen LogP contribution in [0.5, 0.6) is 0 Å². The van der Waals surface area contributed by atoms with E-state index in [0.717, 1.165) is 6.07 Å². The molecule has 15 heavy (non-hydrogen) atoms. The van der Waals surface area contributed by atoms with E-state index in [1.807, 2.05) is 6.92 Å². The molecule has 1 nitrogen and oxygen atoms in total. The van der Waals surface area contributed by atoms with Gasteiger partial charge in [-0.1, -0.05) is 19.1 Å². The molecule has 0 heterocycles. The van der Waals surface area contributed by atoms with Crippen molar-refractivity contribution in [3.05, 3.63) is 35.4 Å². The second-order valence-electron chi connectivity index (χ2n) is 3.47. The first-order valence-electron chi connectivity index (χ1n) is 4.75. The molecule has 1 aromatic carbocycles. The van der Waals surface area contributed by atoms with E-state index in [1.165, 1.54) is 17.8 Å². The Morgan fingerprint density at radius 2 is 2.00 bits per heavy atom. The Balaban J connectivity index is 2.62. The van der Waals surface area contributed by atoms with Gasteiger partial charge in [-0.15, -0.1) is 0 Å². The minimum Gasteiger partial charge on any atom is -0.392 e. The number of hydrogen-bond acceptors (Lipinski definition) is 2. The molecular weight excluding hydrogens is 218 g/mol. The fourth-order valence-electron chi connectivity index (χ4n) is 1.02. The van der Waals surface area contributed by atoms with Crippen molar-refractivity contribution in [2.45, 2.75) is 31.0 Å². The average Bonchev–Trinajstić information content (AvgIpc) is 2.19. The molecule has 1 N–H and O–H groups in total. The van der Waals surface area contributed by atoms with Gasteiger partial charge >= 0.3 is 0 Å². The predicted octanol–water partition coefficient (Wildman–Crippen LogP) is 2.97. The summed E-state index contributed by atoms with van der Waals surface area (Å²) in [4.78, 5) is 0. The third kappa shape index (κ3) is 3.47. The minimum absolute atomic E-state index is 0.00710. The lowest BCUT2D eigenvalue weighted by Crippen LogP contribution is -2.15. The summed E-state index contributed by atoms with van der Waals surface area (Å²) in [5.41, 5.74) is 0.340. The van der Waals surface area contributed by atoms with E-state index in [4.69, 9.17) is 0 Å². The van der Waals surface area contributed by atoms with Gasteiger partial charge in [-0.05, 0) is 13.0 Å². The lowest BCUT2D eigenvalue weighted by atomic mass is 10.2. The molecule has 0 aliphatic carbocycles. The highest BCUT2D eigenvalue weighted by Gasteiger charge is 2.12. The number of rotatable bonds is 4. The molecule has 0 saturated carbocycles. The highest BCUT2D eigenvalue weighted by atomic mass is 32.2. The standard InChI is InChI=1S/C11H14F2OS/c1-7(14)8(2)15-6-9-4-3-5-10(12)11(9)13/h3-5,7-8,14H,6H2,1-2H3. The lowest BCUT2D eigenvalue weighted by molar-refractivity contribution is 0.196. The molecule has 1 rings (SSSR count). The van der Waals surface area contributed by atoms with Crippen molar-refractivity contribution in [3.8, 4) is 0 Å². The van der Waals surface area contributed by atoms with Crippen molar-refractivity contribution >= 4 is 11.8 Å². The Bertz CT molecular complexity index is 328. The Kier molecular flexibility index (Phi) is 4.54. The Morgan fingerprint density at radius 3 is 2.60 bits per heavy atom. The van der Waals surface area contributed by atoms with E-state index in [-0.39, 0.29) is 5.25 Å². The minimum atomic E-state index is -0.821. The highest BCUT2D eigenvalue weighted by Crippen LogP contribution is 2.22. The van der Waals surface area contributed by atoms with Crippen LogP contribution in [0.2, 0.25) is 0 Å². The van der Waals surface area contributed by atoms with Crippen LogP contribution in [0.1, 0.15) is 19.4 Å². The van der Waals surface area contributed by atoms with Gasteiger partial charge in [-0.2, -0.15) is 11.8 Å². The molecule has 0 spiro atoms. The predicted molar refractivity (Wildman–Crippen MR) is 58.8 cm³/mol. The Labute approximate surface area is 92.5 Å². The summed E-state index contributed by atoms with van der Waals surface area (Å²) in [6, 6.07) is 4.14. The molecule has 1 aromatic rings. The Hall–Kier alpha value is -0.610. The maximum Gasteiger partial charge on any atom is 0.162 e. The number of aliphatic hydroxyl groups excluding tert-OH is 1. The molecule has 0 aliphatic heterocycles. The number of aliphatic hydroxyl groups is 1. The zero-order valence-corrected chi connectivity index (χ0v) is 9.52. The summed E-state index contributed by atoms with van der Waals surface area (Å²) in [6.07, 6.45) is -0.452. The third-order valence-electron chi connectivity index (χ3n) is 2.21. The second kappa shape index (κ2) is 5.47. The SMILES string of the molecule is CC(O)C(C)SCc1cccc(F)c1F. The van der Waals surface area contributed by atoms with Gasteiger partial charge in [0.2, 0.25) is 0 Å². The summed E-state index contributed by atoms with van der Waals surface area (Å²) in [7, 11) is 0. The number of thioether (sulfide) groups is 1. The van der Waals surface area contributed by atoms with Crippen molar-refractivity contribution < 1.29 is 13.9 Å². The molecule has 0 radical (unpaired) electrons. The first kappa shape index (κ1) is 12.5. The molecule has 84 valence electrons. The molecule has 2 unspecified atom stereocenters. The molecule has 0 bridgehead atoms. The van der Waals surface area contributed by atoms with Crippen LogP contribution in [0.25, 0.3) is 0 Å². The lowest BCUT2D eigenvalue weighted by Gasteiger charge is -2.14. The molecule has 0 fully saturated rings. The van der Waals surface area contributed by atoms with E-state index in [2.05, 4.69) is 0 Å². The van der Waals surface area contributed by atoms with Crippen molar-refractivity contribution in [1.82, 2.24) is 0 Å². The van der Waals surface area contributed by atoms with Gasteiger partial charge < -0.3 is 5.11 Å². The van der Waals surface area contributed by atoms with E-state index < -0.39 is 17.7 Å². The van der Waals surface area contributed by atoms with Crippen LogP contribution < -0.4 is 0 Å². The molecule has 0 aromatic heterocycles. The summed E-state index contributed by atoms with van der Waals surface area (Å²) in [5, 5.41) is 9.24. The van der Waals surface area contributed by atoms with Gasteiger partial charge in [0.05, 0.1) is 6.10 Å². The molecule has 0 aliphatic rings. The van der Waals surface area contributed by atoms with Gasteiger partial charge in [0.1, 0.15) is 0 Å². The second-order valence-corrected chi connectivity index (χ2v) is 4.84. The van der Waals surface area contributed by atoms with Crippen LogP contribution >= 0.6 is 11.8 Å². The van der Waals surface area contributed by atoms with Gasteiger partial charge in [0, 0.05) is 16.6 Å². The van der Waals surface area contributed by atoms with Crippen molar-refractivity contribution in [3.63, 3.8) is 0 Å². The molecule has 2 atom stereocenters. The summed E-state index contributed by atoms with van der Waals surface area (Å²) in [5.74, 6) is -1.24. The molecular formula is C11H14F2OS. The summed E-state index contributed by atoms with van der Waals surface area (Å²) in [6.45, 7) is 3.53. The van der Waals surface area contributed by atoms with Crippen molar-refractivity contribution in [2.24, 2.45) is 0 Å². The topological polar surface area (TPSA) is 20.2 Å². The summed E-state index contributed by atoms with van der Waals surface area (Å²) >= 11 is 1.40. The van der Waals surface area contributed by atoms with Gasteiger partial charge in [-0.3, -0.25) is 0 Å². The van der Waals surface area contributed by atoms with E-state index in [1.54, 1.807) is 13.0 Å². The first-order chi connectivity index (χ1) is 7.02. The van der Waals surface area contributed by atoms with Crippen molar-refractivity contribution in [2.75, 3.05) is 0 Å². The van der Waals surface area contributed by atoms with Crippen LogP contribution in [-0.2, 0) is 5.75 Å². The fourth-order valence-corrected chi connectivity index (χ4v) is 1.96. The monoisotopic (exact) mass is 232 g/mol. The van der Waals surface area contributed by atoms with Crippen LogP contribution in [0, 0.1) is 11.6 Å². The number of hydrogen-bond donors (Lipinski definition) is 1. The van der Waals surface area contributed by atoms with Crippen LogP contribution in [-0.4, -0.2) is 16.5 Å². The zero-order chi connectivity index (χ0) is 11.4. The molecule has 0 amide bonds. The maximum absolute atomic E-state index is 13.2. The normalized spacial score (nSPS) is 15.0. The van der Waals surface area contributed by atoms with Crippen LogP contribution in [0.4, 0.5) is 8.78 Å². The van der Waals surface area contributed by atoms with Crippen LogP contribution in [0.3, 0.4) is 0 Å². The maximum atomic E-state index is 13.2. The third-order valence-corrected chi connectivity index (χ3v) is 3.61.